The highest BCUT2D eigenvalue weighted by atomic mass is 32.2. The molecule has 8 heteroatoms. The van der Waals surface area contributed by atoms with Crippen LogP contribution in [0.1, 0.15) is 19.4 Å². The van der Waals surface area contributed by atoms with Crippen LogP contribution < -0.4 is 9.50 Å². The zero-order valence-corrected chi connectivity index (χ0v) is 20.1. The monoisotopic (exact) mass is 492 g/mol. The number of hydrogen-bond donors (Lipinski definition) is 1. The normalized spacial score (nSPS) is 11.4. The third-order valence-electron chi connectivity index (χ3n) is 5.50. The maximum Gasteiger partial charge on any atom is 0.339 e. The summed E-state index contributed by atoms with van der Waals surface area (Å²) in [4.78, 5) is 14.7. The fourth-order valence-electron chi connectivity index (χ4n) is 3.63. The number of fused-ring (bicyclic) bond motifs is 1. The molecule has 0 aliphatic heterocycles. The number of benzene rings is 4. The Labute approximate surface area is 204 Å². The van der Waals surface area contributed by atoms with Crippen LogP contribution in [0, 0.1) is 5.82 Å². The topological polar surface area (TPSA) is 75.7 Å². The molecule has 0 aromatic heterocycles. The molecule has 0 bridgehead atoms. The molecule has 2 amide bonds. The number of halogens is 1. The summed E-state index contributed by atoms with van der Waals surface area (Å²) in [5, 5.41) is 5.00. The maximum absolute atomic E-state index is 13.1. The van der Waals surface area contributed by atoms with Gasteiger partial charge in [0.25, 0.3) is 0 Å². The van der Waals surface area contributed by atoms with E-state index in [1.165, 1.54) is 12.1 Å². The summed E-state index contributed by atoms with van der Waals surface area (Å²) in [6.07, 6.45) is 0. The predicted molar refractivity (Wildman–Crippen MR) is 134 cm³/mol. The third-order valence-corrected chi connectivity index (χ3v) is 6.76. The second kappa shape index (κ2) is 10.1. The van der Waals surface area contributed by atoms with Crippen LogP contribution in [0.3, 0.4) is 0 Å². The standard InChI is InChI=1S/C27H25FN2O4S/c1-19(2)30(27(31)29-26-9-5-7-21-6-3-4-8-25(21)26)18-20-10-14-23(15-11-20)34-35(32,33)24-16-12-22(28)13-17-24/h3-17,19H,18H2,1-2H3,(H,29,31). The lowest BCUT2D eigenvalue weighted by Crippen LogP contribution is -2.39. The number of carbonyl (C=O) groups excluding carboxylic acids is 1. The van der Waals surface area contributed by atoms with Crippen LogP contribution >= 0.6 is 0 Å². The van der Waals surface area contributed by atoms with Gasteiger partial charge in [0, 0.05) is 18.0 Å². The lowest BCUT2D eigenvalue weighted by molar-refractivity contribution is 0.193. The Bertz CT molecular complexity index is 1430. The van der Waals surface area contributed by atoms with Gasteiger partial charge in [-0.15, -0.1) is 0 Å². The number of anilines is 1. The first kappa shape index (κ1) is 24.2. The van der Waals surface area contributed by atoms with Crippen molar-refractivity contribution < 1.29 is 21.8 Å². The summed E-state index contributed by atoms with van der Waals surface area (Å²) in [7, 11) is -4.09. The van der Waals surface area contributed by atoms with Crippen LogP contribution in [0.25, 0.3) is 10.8 Å². The molecule has 0 unspecified atom stereocenters. The van der Waals surface area contributed by atoms with Gasteiger partial charge < -0.3 is 14.4 Å². The minimum atomic E-state index is -4.09. The number of rotatable bonds is 7. The number of nitrogens with zero attached hydrogens (tertiary/aromatic N) is 1. The summed E-state index contributed by atoms with van der Waals surface area (Å²) in [6.45, 7) is 4.17. The number of nitrogens with one attached hydrogen (secondary N) is 1. The van der Waals surface area contributed by atoms with E-state index in [4.69, 9.17) is 4.18 Å². The summed E-state index contributed by atoms with van der Waals surface area (Å²) in [5.41, 5.74) is 1.53. The summed E-state index contributed by atoms with van der Waals surface area (Å²) in [5.74, 6) is -0.415. The van der Waals surface area contributed by atoms with Crippen molar-refractivity contribution in [3.05, 3.63) is 102 Å². The van der Waals surface area contributed by atoms with Gasteiger partial charge in [-0.3, -0.25) is 0 Å². The van der Waals surface area contributed by atoms with E-state index in [1.807, 2.05) is 56.3 Å². The first-order valence-corrected chi connectivity index (χ1v) is 12.5. The average molecular weight is 493 g/mol. The molecule has 4 aromatic carbocycles. The second-order valence-electron chi connectivity index (χ2n) is 8.31. The molecule has 4 rings (SSSR count). The second-order valence-corrected chi connectivity index (χ2v) is 9.86. The molecule has 0 aliphatic rings. The zero-order chi connectivity index (χ0) is 25.0. The Morgan fingerprint density at radius 1 is 0.914 bits per heavy atom. The molecule has 0 saturated carbocycles. The van der Waals surface area contributed by atoms with Crippen LogP contribution in [-0.2, 0) is 16.7 Å². The van der Waals surface area contributed by atoms with Crippen LogP contribution in [0.15, 0.2) is 95.9 Å². The van der Waals surface area contributed by atoms with E-state index in [0.717, 1.165) is 46.3 Å². The van der Waals surface area contributed by atoms with Crippen molar-refractivity contribution in [3.8, 4) is 5.75 Å². The number of amides is 2. The Balaban J connectivity index is 1.46. The van der Waals surface area contributed by atoms with E-state index in [-0.39, 0.29) is 22.7 Å². The van der Waals surface area contributed by atoms with E-state index in [1.54, 1.807) is 17.0 Å². The molecule has 0 spiro atoms. The van der Waals surface area contributed by atoms with Crippen LogP contribution in [0.2, 0.25) is 0 Å². The average Bonchev–Trinajstić information content (AvgIpc) is 2.83. The summed E-state index contributed by atoms with van der Waals surface area (Å²) < 4.78 is 43.1. The molecule has 0 atom stereocenters. The highest BCUT2D eigenvalue weighted by Crippen LogP contribution is 2.24. The number of carbonyl (C=O) groups is 1. The highest BCUT2D eigenvalue weighted by Gasteiger charge is 2.20. The first-order valence-electron chi connectivity index (χ1n) is 11.1. The molecule has 0 aliphatic carbocycles. The Hall–Kier alpha value is -3.91. The van der Waals surface area contributed by atoms with Gasteiger partial charge in [-0.05, 0) is 67.3 Å². The van der Waals surface area contributed by atoms with E-state index in [2.05, 4.69) is 5.32 Å². The number of hydrogen-bond acceptors (Lipinski definition) is 4. The lowest BCUT2D eigenvalue weighted by atomic mass is 10.1. The van der Waals surface area contributed by atoms with Crippen molar-refractivity contribution >= 4 is 32.6 Å². The molecular weight excluding hydrogens is 467 g/mol. The quantitative estimate of drug-likeness (QED) is 0.312. The molecule has 180 valence electrons. The minimum absolute atomic E-state index is 0.0836. The van der Waals surface area contributed by atoms with Gasteiger partial charge >= 0.3 is 16.1 Å². The molecule has 1 N–H and O–H groups in total. The summed E-state index contributed by atoms with van der Waals surface area (Å²) in [6, 6.07) is 24.1. The Morgan fingerprint density at radius 3 is 2.26 bits per heavy atom. The van der Waals surface area contributed by atoms with Gasteiger partial charge in [0.05, 0.1) is 5.69 Å². The highest BCUT2D eigenvalue weighted by molar-refractivity contribution is 7.87. The molecule has 0 heterocycles. The van der Waals surface area contributed by atoms with Crippen LogP contribution in [0.5, 0.6) is 5.75 Å². The molecule has 0 fully saturated rings. The zero-order valence-electron chi connectivity index (χ0n) is 19.3. The van der Waals surface area contributed by atoms with Gasteiger partial charge in [0.2, 0.25) is 0 Å². The molecule has 6 nitrogen and oxygen atoms in total. The fourth-order valence-corrected chi connectivity index (χ4v) is 4.56. The van der Waals surface area contributed by atoms with Gasteiger partial charge in [0.15, 0.2) is 0 Å². The van der Waals surface area contributed by atoms with Gasteiger partial charge in [-0.1, -0.05) is 48.5 Å². The Morgan fingerprint density at radius 2 is 1.57 bits per heavy atom. The SMILES string of the molecule is CC(C)N(Cc1ccc(OS(=O)(=O)c2ccc(F)cc2)cc1)C(=O)Nc1cccc2ccccc12. The fraction of sp³-hybridized carbons (Fsp3) is 0.148. The van der Waals surface area contributed by atoms with Crippen molar-refractivity contribution in [1.29, 1.82) is 0 Å². The molecular formula is C27H25FN2O4S. The van der Waals surface area contributed by atoms with Crippen molar-refractivity contribution in [2.24, 2.45) is 0 Å². The van der Waals surface area contributed by atoms with E-state index >= 15 is 0 Å². The predicted octanol–water partition coefficient (Wildman–Crippen LogP) is 6.19. The van der Waals surface area contributed by atoms with Crippen molar-refractivity contribution in [1.82, 2.24) is 4.90 Å². The van der Waals surface area contributed by atoms with E-state index < -0.39 is 15.9 Å². The van der Waals surface area contributed by atoms with Crippen LogP contribution in [-0.4, -0.2) is 25.4 Å². The van der Waals surface area contributed by atoms with E-state index in [0.29, 0.717) is 6.54 Å². The van der Waals surface area contributed by atoms with Crippen molar-refractivity contribution in [2.75, 3.05) is 5.32 Å². The number of urea groups is 1. The van der Waals surface area contributed by atoms with Crippen molar-refractivity contribution in [2.45, 2.75) is 31.3 Å². The van der Waals surface area contributed by atoms with Gasteiger partial charge in [0.1, 0.15) is 16.5 Å². The molecule has 35 heavy (non-hydrogen) atoms. The Kier molecular flexibility index (Phi) is 7.02. The maximum atomic E-state index is 13.1. The third kappa shape index (κ3) is 5.78. The van der Waals surface area contributed by atoms with Crippen LogP contribution in [0.4, 0.5) is 14.9 Å². The van der Waals surface area contributed by atoms with Gasteiger partial charge in [-0.2, -0.15) is 8.42 Å². The summed E-state index contributed by atoms with van der Waals surface area (Å²) >= 11 is 0. The first-order chi connectivity index (χ1) is 16.7. The molecule has 0 saturated heterocycles. The van der Waals surface area contributed by atoms with E-state index in [9.17, 15) is 17.6 Å². The smallest absolute Gasteiger partial charge is 0.339 e. The van der Waals surface area contributed by atoms with Crippen molar-refractivity contribution in [3.63, 3.8) is 0 Å². The molecule has 0 radical (unpaired) electrons. The largest absolute Gasteiger partial charge is 0.379 e. The van der Waals surface area contributed by atoms with Gasteiger partial charge in [-0.25, -0.2) is 9.18 Å². The lowest BCUT2D eigenvalue weighted by Gasteiger charge is -2.27. The minimum Gasteiger partial charge on any atom is -0.379 e. The molecule has 4 aromatic rings.